The molecule has 2 aromatic rings. The van der Waals surface area contributed by atoms with Crippen molar-refractivity contribution in [1.82, 2.24) is 19.2 Å². The first-order valence-electron chi connectivity index (χ1n) is 7.09. The maximum atomic E-state index is 12.6. The highest BCUT2D eigenvalue weighted by molar-refractivity contribution is 5.31. The number of aryl methyl sites for hydroxylation is 1. The molecular formula is C14H20N4O2. The molecule has 0 spiro atoms. The van der Waals surface area contributed by atoms with Crippen molar-refractivity contribution in [2.24, 2.45) is 5.41 Å². The van der Waals surface area contributed by atoms with Gasteiger partial charge >= 0.3 is 0 Å². The minimum Gasteiger partial charge on any atom is -0.396 e. The summed E-state index contributed by atoms with van der Waals surface area (Å²) < 4.78 is 3.41. The SMILES string of the molecule is Cc1nc2ncn(CC3(C)CCC3)n2c(=O)c1CCO. The summed E-state index contributed by atoms with van der Waals surface area (Å²) in [6.07, 6.45) is 5.65. The maximum absolute atomic E-state index is 12.6. The van der Waals surface area contributed by atoms with E-state index in [0.29, 0.717) is 23.5 Å². The predicted octanol–water partition coefficient (Wildman–Crippen LogP) is 0.924. The zero-order valence-corrected chi connectivity index (χ0v) is 12.0. The van der Waals surface area contributed by atoms with Crippen molar-refractivity contribution < 1.29 is 5.11 Å². The van der Waals surface area contributed by atoms with Crippen LogP contribution in [0.3, 0.4) is 0 Å². The molecule has 2 aromatic heterocycles. The molecule has 1 aliphatic rings. The van der Waals surface area contributed by atoms with E-state index < -0.39 is 0 Å². The van der Waals surface area contributed by atoms with Crippen LogP contribution < -0.4 is 5.56 Å². The molecule has 6 nitrogen and oxygen atoms in total. The lowest BCUT2D eigenvalue weighted by Crippen LogP contribution is -2.34. The molecule has 20 heavy (non-hydrogen) atoms. The second kappa shape index (κ2) is 4.70. The van der Waals surface area contributed by atoms with Crippen LogP contribution in [-0.2, 0) is 13.0 Å². The van der Waals surface area contributed by atoms with Gasteiger partial charge in [0.1, 0.15) is 6.33 Å². The molecule has 0 bridgehead atoms. The maximum Gasteiger partial charge on any atom is 0.277 e. The summed E-state index contributed by atoms with van der Waals surface area (Å²) >= 11 is 0. The van der Waals surface area contributed by atoms with Crippen LogP contribution in [0.5, 0.6) is 0 Å². The Balaban J connectivity index is 2.10. The van der Waals surface area contributed by atoms with Crippen molar-refractivity contribution in [2.75, 3.05) is 6.61 Å². The lowest BCUT2D eigenvalue weighted by molar-refractivity contribution is 0.123. The predicted molar refractivity (Wildman–Crippen MR) is 74.7 cm³/mol. The van der Waals surface area contributed by atoms with E-state index in [1.807, 2.05) is 4.68 Å². The fourth-order valence-electron chi connectivity index (χ4n) is 2.96. The number of rotatable bonds is 4. The molecule has 0 radical (unpaired) electrons. The normalized spacial score (nSPS) is 17.4. The monoisotopic (exact) mass is 276 g/mol. The summed E-state index contributed by atoms with van der Waals surface area (Å²) in [6, 6.07) is 0. The second-order valence-electron chi connectivity index (χ2n) is 6.07. The number of aromatic nitrogens is 4. The van der Waals surface area contributed by atoms with Gasteiger partial charge in [0, 0.05) is 25.1 Å². The molecule has 108 valence electrons. The van der Waals surface area contributed by atoms with Gasteiger partial charge in [0.25, 0.3) is 11.3 Å². The molecular weight excluding hydrogens is 256 g/mol. The van der Waals surface area contributed by atoms with E-state index >= 15 is 0 Å². The van der Waals surface area contributed by atoms with Crippen LogP contribution in [0, 0.1) is 12.3 Å². The lowest BCUT2D eigenvalue weighted by atomic mass is 9.70. The Labute approximate surface area is 117 Å². The standard InChI is InChI=1S/C14H20N4O2/c1-10-11(4-7-19)12(20)18-13(16-10)15-9-17(18)8-14(2)5-3-6-14/h9,19H,3-8H2,1-2H3. The van der Waals surface area contributed by atoms with Gasteiger partial charge in [0.15, 0.2) is 0 Å². The quantitative estimate of drug-likeness (QED) is 0.901. The first-order chi connectivity index (χ1) is 9.54. The van der Waals surface area contributed by atoms with E-state index in [4.69, 9.17) is 5.11 Å². The number of hydrogen-bond donors (Lipinski definition) is 1. The molecule has 0 aliphatic heterocycles. The summed E-state index contributed by atoms with van der Waals surface area (Å²) in [5.74, 6) is 0.442. The first kappa shape index (κ1) is 13.3. The summed E-state index contributed by atoms with van der Waals surface area (Å²) in [4.78, 5) is 21.2. The molecule has 6 heteroatoms. The van der Waals surface area contributed by atoms with Crippen LogP contribution in [0.2, 0.25) is 0 Å². The van der Waals surface area contributed by atoms with Crippen molar-refractivity contribution in [3.05, 3.63) is 27.9 Å². The first-order valence-corrected chi connectivity index (χ1v) is 7.09. The Bertz CT molecular complexity index is 697. The van der Waals surface area contributed by atoms with Crippen molar-refractivity contribution in [1.29, 1.82) is 0 Å². The van der Waals surface area contributed by atoms with Gasteiger partial charge in [-0.3, -0.25) is 9.48 Å². The smallest absolute Gasteiger partial charge is 0.277 e. The van der Waals surface area contributed by atoms with Gasteiger partial charge < -0.3 is 5.11 Å². The Morgan fingerprint density at radius 1 is 1.45 bits per heavy atom. The Kier molecular flexibility index (Phi) is 3.12. The molecule has 1 aliphatic carbocycles. The average molecular weight is 276 g/mol. The largest absolute Gasteiger partial charge is 0.396 e. The molecule has 0 amide bonds. The zero-order chi connectivity index (χ0) is 14.3. The van der Waals surface area contributed by atoms with Crippen molar-refractivity contribution in [3.63, 3.8) is 0 Å². The van der Waals surface area contributed by atoms with Gasteiger partial charge in [-0.05, 0) is 25.2 Å². The van der Waals surface area contributed by atoms with Crippen LogP contribution in [0.4, 0.5) is 0 Å². The van der Waals surface area contributed by atoms with Crippen molar-refractivity contribution in [2.45, 2.75) is 46.1 Å². The van der Waals surface area contributed by atoms with Crippen LogP contribution in [-0.4, -0.2) is 30.9 Å². The van der Waals surface area contributed by atoms with Gasteiger partial charge in [0.05, 0.1) is 5.69 Å². The third kappa shape index (κ3) is 2.04. The number of fused-ring (bicyclic) bond motifs is 1. The molecule has 0 atom stereocenters. The lowest BCUT2D eigenvalue weighted by Gasteiger charge is -2.38. The van der Waals surface area contributed by atoms with E-state index in [1.54, 1.807) is 17.8 Å². The molecule has 3 rings (SSSR count). The Morgan fingerprint density at radius 3 is 2.80 bits per heavy atom. The van der Waals surface area contributed by atoms with Crippen molar-refractivity contribution in [3.8, 4) is 0 Å². The summed E-state index contributed by atoms with van der Waals surface area (Å²) in [7, 11) is 0. The Morgan fingerprint density at radius 2 is 2.20 bits per heavy atom. The van der Waals surface area contributed by atoms with Gasteiger partial charge in [-0.15, -0.1) is 0 Å². The van der Waals surface area contributed by atoms with Gasteiger partial charge in [-0.2, -0.15) is 9.50 Å². The summed E-state index contributed by atoms with van der Waals surface area (Å²) in [5, 5.41) is 9.10. The number of nitrogens with zero attached hydrogens (tertiary/aromatic N) is 4. The van der Waals surface area contributed by atoms with Crippen molar-refractivity contribution >= 4 is 5.78 Å². The summed E-state index contributed by atoms with van der Waals surface area (Å²) in [6.45, 7) is 4.77. The number of aliphatic hydroxyl groups excluding tert-OH is 1. The average Bonchev–Trinajstić information content (AvgIpc) is 2.75. The molecule has 1 N–H and O–H groups in total. The summed E-state index contributed by atoms with van der Waals surface area (Å²) in [5.41, 5.74) is 1.38. The van der Waals surface area contributed by atoms with Gasteiger partial charge in [-0.25, -0.2) is 4.98 Å². The van der Waals surface area contributed by atoms with Gasteiger partial charge in [-0.1, -0.05) is 13.3 Å². The van der Waals surface area contributed by atoms with E-state index in [-0.39, 0.29) is 17.6 Å². The fraction of sp³-hybridized carbons (Fsp3) is 0.643. The van der Waals surface area contributed by atoms with Crippen LogP contribution in [0.25, 0.3) is 5.78 Å². The molecule has 1 fully saturated rings. The highest BCUT2D eigenvalue weighted by atomic mass is 16.3. The van der Waals surface area contributed by atoms with E-state index in [9.17, 15) is 4.79 Å². The van der Waals surface area contributed by atoms with E-state index in [2.05, 4.69) is 16.9 Å². The molecule has 0 aromatic carbocycles. The number of hydrogen-bond acceptors (Lipinski definition) is 4. The highest BCUT2D eigenvalue weighted by Gasteiger charge is 2.32. The van der Waals surface area contributed by atoms with Gasteiger partial charge in [0.2, 0.25) is 0 Å². The Hall–Kier alpha value is -1.69. The topological polar surface area (TPSA) is 72.4 Å². The highest BCUT2D eigenvalue weighted by Crippen LogP contribution is 2.41. The fourth-order valence-corrected chi connectivity index (χ4v) is 2.96. The molecule has 2 heterocycles. The molecule has 1 saturated carbocycles. The minimum atomic E-state index is -0.109. The zero-order valence-electron chi connectivity index (χ0n) is 12.0. The second-order valence-corrected chi connectivity index (χ2v) is 6.07. The molecule has 0 unspecified atom stereocenters. The van der Waals surface area contributed by atoms with Crippen LogP contribution >= 0.6 is 0 Å². The molecule has 0 saturated heterocycles. The third-order valence-corrected chi connectivity index (χ3v) is 4.37. The van der Waals surface area contributed by atoms with E-state index in [1.165, 1.54) is 19.3 Å². The van der Waals surface area contributed by atoms with Crippen LogP contribution in [0.1, 0.15) is 37.4 Å². The minimum absolute atomic E-state index is 0.0460. The number of aliphatic hydroxyl groups is 1. The van der Waals surface area contributed by atoms with E-state index in [0.717, 1.165) is 6.54 Å². The third-order valence-electron chi connectivity index (χ3n) is 4.37. The van der Waals surface area contributed by atoms with Crippen LogP contribution in [0.15, 0.2) is 11.1 Å².